The Morgan fingerprint density at radius 3 is 2.69 bits per heavy atom. The van der Waals surface area contributed by atoms with Crippen LogP contribution in [0.25, 0.3) is 0 Å². The summed E-state index contributed by atoms with van der Waals surface area (Å²) in [6, 6.07) is 4.73. The molecule has 0 spiro atoms. The molecule has 0 bridgehead atoms. The predicted octanol–water partition coefficient (Wildman–Crippen LogP) is 1.54. The lowest BCUT2D eigenvalue weighted by molar-refractivity contribution is 0.276. The van der Waals surface area contributed by atoms with Crippen molar-refractivity contribution in [1.29, 1.82) is 0 Å². The summed E-state index contributed by atoms with van der Waals surface area (Å²) >= 11 is 3.30. The highest BCUT2D eigenvalue weighted by atomic mass is 79.9. The van der Waals surface area contributed by atoms with Crippen LogP contribution in [0, 0.1) is 0 Å². The van der Waals surface area contributed by atoms with Gasteiger partial charge in [0, 0.05) is 17.1 Å². The number of halogens is 1. The molecule has 0 heterocycles. The fraction of sp³-hybridized carbons (Fsp3) is 0.333. The lowest BCUT2D eigenvalue weighted by atomic mass is 10.1. The third-order valence-electron chi connectivity index (χ3n) is 1.82. The summed E-state index contributed by atoms with van der Waals surface area (Å²) in [5, 5.41) is 17.8. The van der Waals surface area contributed by atoms with Crippen molar-refractivity contribution >= 4 is 15.9 Å². The van der Waals surface area contributed by atoms with Gasteiger partial charge in [-0.15, -0.1) is 0 Å². The zero-order valence-corrected chi connectivity index (χ0v) is 8.66. The van der Waals surface area contributed by atoms with Crippen molar-refractivity contribution in [2.45, 2.75) is 12.5 Å². The first kappa shape index (κ1) is 10.5. The van der Waals surface area contributed by atoms with Gasteiger partial charge in [-0.1, -0.05) is 22.0 Å². The molecule has 72 valence electrons. The summed E-state index contributed by atoms with van der Waals surface area (Å²) in [4.78, 5) is 0. The van der Waals surface area contributed by atoms with E-state index in [1.165, 1.54) is 0 Å². The number of phenolic OH excluding ortho intramolecular Hbond substituents is 1. The van der Waals surface area contributed by atoms with E-state index >= 15 is 0 Å². The van der Waals surface area contributed by atoms with Crippen LogP contribution < -0.4 is 5.73 Å². The molecule has 0 unspecified atom stereocenters. The van der Waals surface area contributed by atoms with Crippen LogP contribution in [-0.2, 0) is 0 Å². The molecule has 0 saturated carbocycles. The first-order valence-corrected chi connectivity index (χ1v) is 4.79. The first-order chi connectivity index (χ1) is 6.15. The maximum atomic E-state index is 9.13. The third kappa shape index (κ3) is 2.69. The predicted molar refractivity (Wildman–Crippen MR) is 54.4 cm³/mol. The van der Waals surface area contributed by atoms with Crippen molar-refractivity contribution in [2.24, 2.45) is 5.73 Å². The van der Waals surface area contributed by atoms with Gasteiger partial charge in [0.1, 0.15) is 5.75 Å². The Balaban J connectivity index is 2.88. The summed E-state index contributed by atoms with van der Waals surface area (Å²) < 4.78 is 0.772. The molecule has 1 atom stereocenters. The number of benzene rings is 1. The van der Waals surface area contributed by atoms with Crippen molar-refractivity contribution in [3.8, 4) is 5.75 Å². The molecular weight excluding hydrogens is 234 g/mol. The zero-order chi connectivity index (χ0) is 9.84. The van der Waals surface area contributed by atoms with E-state index in [2.05, 4.69) is 15.9 Å². The number of phenols is 1. The van der Waals surface area contributed by atoms with Crippen molar-refractivity contribution < 1.29 is 10.2 Å². The Hall–Kier alpha value is -0.580. The third-order valence-corrected chi connectivity index (χ3v) is 2.51. The van der Waals surface area contributed by atoms with Crippen LogP contribution in [0.2, 0.25) is 0 Å². The lowest BCUT2D eigenvalue weighted by Gasteiger charge is -2.12. The van der Waals surface area contributed by atoms with Crippen LogP contribution in [-0.4, -0.2) is 16.8 Å². The molecule has 0 saturated heterocycles. The highest BCUT2D eigenvalue weighted by molar-refractivity contribution is 9.10. The highest BCUT2D eigenvalue weighted by Gasteiger charge is 2.09. The fourth-order valence-corrected chi connectivity index (χ4v) is 1.77. The molecule has 1 aromatic rings. The molecule has 0 amide bonds. The first-order valence-electron chi connectivity index (χ1n) is 4.00. The Morgan fingerprint density at radius 1 is 1.46 bits per heavy atom. The smallest absolute Gasteiger partial charge is 0.116 e. The van der Waals surface area contributed by atoms with E-state index in [4.69, 9.17) is 15.9 Å². The highest BCUT2D eigenvalue weighted by Crippen LogP contribution is 2.27. The van der Waals surface area contributed by atoms with Gasteiger partial charge in [0.2, 0.25) is 0 Å². The summed E-state index contributed by atoms with van der Waals surface area (Å²) in [5.74, 6) is 0.201. The van der Waals surface area contributed by atoms with Crippen molar-refractivity contribution in [1.82, 2.24) is 0 Å². The summed E-state index contributed by atoms with van der Waals surface area (Å²) in [6.45, 7) is 0.0640. The number of rotatable bonds is 3. The van der Waals surface area contributed by atoms with Gasteiger partial charge in [-0.05, 0) is 24.1 Å². The van der Waals surface area contributed by atoms with Crippen molar-refractivity contribution in [2.75, 3.05) is 6.61 Å². The number of aliphatic hydroxyl groups is 1. The zero-order valence-electron chi connectivity index (χ0n) is 7.07. The Kier molecular flexibility index (Phi) is 3.71. The maximum absolute atomic E-state index is 9.13. The van der Waals surface area contributed by atoms with Gasteiger partial charge < -0.3 is 15.9 Å². The van der Waals surface area contributed by atoms with Crippen LogP contribution in [0.15, 0.2) is 22.7 Å². The molecule has 1 aromatic carbocycles. The molecule has 3 nitrogen and oxygen atoms in total. The number of nitrogens with two attached hydrogens (primary N) is 1. The summed E-state index contributed by atoms with van der Waals surface area (Å²) in [5.41, 5.74) is 6.68. The van der Waals surface area contributed by atoms with E-state index in [0.717, 1.165) is 10.0 Å². The number of hydrogen-bond acceptors (Lipinski definition) is 3. The van der Waals surface area contributed by atoms with Gasteiger partial charge in [-0.2, -0.15) is 0 Å². The molecule has 13 heavy (non-hydrogen) atoms. The van der Waals surface area contributed by atoms with Crippen LogP contribution >= 0.6 is 15.9 Å². The van der Waals surface area contributed by atoms with Gasteiger partial charge >= 0.3 is 0 Å². The molecule has 0 radical (unpaired) electrons. The van der Waals surface area contributed by atoms with E-state index in [1.807, 2.05) is 0 Å². The Bertz CT molecular complexity index is 291. The molecule has 0 aliphatic rings. The summed E-state index contributed by atoms with van der Waals surface area (Å²) in [6.07, 6.45) is 0.517. The van der Waals surface area contributed by atoms with Gasteiger partial charge in [-0.25, -0.2) is 0 Å². The minimum Gasteiger partial charge on any atom is -0.508 e. The summed E-state index contributed by atoms with van der Waals surface area (Å²) in [7, 11) is 0. The Morgan fingerprint density at radius 2 is 2.15 bits per heavy atom. The molecule has 1 rings (SSSR count). The molecule has 0 fully saturated rings. The second kappa shape index (κ2) is 4.60. The molecule has 0 aliphatic carbocycles. The topological polar surface area (TPSA) is 66.5 Å². The van der Waals surface area contributed by atoms with E-state index in [1.54, 1.807) is 18.2 Å². The maximum Gasteiger partial charge on any atom is 0.116 e. The SMILES string of the molecule is N[C@H](CCO)c1ccc(O)cc1Br. The van der Waals surface area contributed by atoms with Gasteiger partial charge in [-0.3, -0.25) is 0 Å². The van der Waals surface area contributed by atoms with E-state index in [0.29, 0.717) is 6.42 Å². The monoisotopic (exact) mass is 245 g/mol. The normalized spacial score (nSPS) is 12.8. The van der Waals surface area contributed by atoms with Crippen LogP contribution in [0.5, 0.6) is 5.75 Å². The lowest BCUT2D eigenvalue weighted by Crippen LogP contribution is -2.12. The van der Waals surface area contributed by atoms with Crippen molar-refractivity contribution in [3.05, 3.63) is 28.2 Å². The van der Waals surface area contributed by atoms with E-state index < -0.39 is 0 Å². The van der Waals surface area contributed by atoms with Crippen LogP contribution in [0.4, 0.5) is 0 Å². The second-order valence-corrected chi connectivity index (χ2v) is 3.68. The molecule has 4 heteroatoms. The molecular formula is C9H12BrNO2. The second-order valence-electron chi connectivity index (χ2n) is 2.82. The quantitative estimate of drug-likeness (QED) is 0.757. The minimum atomic E-state index is -0.194. The van der Waals surface area contributed by atoms with E-state index in [-0.39, 0.29) is 18.4 Å². The van der Waals surface area contributed by atoms with E-state index in [9.17, 15) is 0 Å². The Labute approximate surface area is 85.3 Å². The standard InChI is InChI=1S/C9H12BrNO2/c10-8-5-6(13)1-2-7(8)9(11)3-4-12/h1-2,5,9,12-13H,3-4,11H2/t9-/m1/s1. The van der Waals surface area contributed by atoms with Gasteiger partial charge in [0.25, 0.3) is 0 Å². The fourth-order valence-electron chi connectivity index (χ4n) is 1.11. The average molecular weight is 246 g/mol. The molecule has 4 N–H and O–H groups in total. The van der Waals surface area contributed by atoms with Crippen molar-refractivity contribution in [3.63, 3.8) is 0 Å². The van der Waals surface area contributed by atoms with Crippen LogP contribution in [0.3, 0.4) is 0 Å². The number of aromatic hydroxyl groups is 1. The molecule has 0 aromatic heterocycles. The number of aliphatic hydroxyl groups excluding tert-OH is 1. The molecule has 0 aliphatic heterocycles. The number of hydrogen-bond donors (Lipinski definition) is 3. The minimum absolute atomic E-state index is 0.0640. The average Bonchev–Trinajstić information content (AvgIpc) is 2.04. The van der Waals surface area contributed by atoms with Gasteiger partial charge in [0.15, 0.2) is 0 Å². The van der Waals surface area contributed by atoms with Crippen LogP contribution in [0.1, 0.15) is 18.0 Å². The largest absolute Gasteiger partial charge is 0.508 e. The van der Waals surface area contributed by atoms with Gasteiger partial charge in [0.05, 0.1) is 0 Å².